The maximum absolute atomic E-state index is 5.66. The first-order valence-corrected chi connectivity index (χ1v) is 5.64. The van der Waals surface area contributed by atoms with Crippen molar-refractivity contribution in [3.05, 3.63) is 22.7 Å². The van der Waals surface area contributed by atoms with Crippen LogP contribution in [0.15, 0.2) is 17.8 Å². The Labute approximate surface area is 95.4 Å². The summed E-state index contributed by atoms with van der Waals surface area (Å²) in [5, 5.41) is 2.05. The molecule has 0 unspecified atom stereocenters. The topological polar surface area (TPSA) is 80.5 Å². The van der Waals surface area contributed by atoms with E-state index in [-0.39, 0.29) is 5.95 Å². The van der Waals surface area contributed by atoms with Crippen molar-refractivity contribution >= 4 is 28.4 Å². The van der Waals surface area contributed by atoms with E-state index in [0.717, 1.165) is 16.8 Å². The third-order valence-electron chi connectivity index (χ3n) is 2.31. The van der Waals surface area contributed by atoms with Crippen molar-refractivity contribution in [2.75, 3.05) is 5.73 Å². The highest BCUT2D eigenvalue weighted by atomic mass is 32.1. The first kappa shape index (κ1) is 9.29. The standard InChI is InChI=1S/C10H9N5S/c1-5-2-6(3-16-5)7-8-9(13-4-12-8)15-10(11)14-7/h2-4H,1H3,(H3,11,12,13,14,15). The molecule has 16 heavy (non-hydrogen) atoms. The molecule has 0 spiro atoms. The lowest BCUT2D eigenvalue weighted by Gasteiger charge is -1.99. The van der Waals surface area contributed by atoms with Crippen molar-refractivity contribution in [3.8, 4) is 11.3 Å². The molecule has 3 aromatic rings. The van der Waals surface area contributed by atoms with Crippen LogP contribution in [0.1, 0.15) is 4.88 Å². The normalized spacial score (nSPS) is 11.1. The van der Waals surface area contributed by atoms with Crippen LogP contribution in [0, 0.1) is 6.92 Å². The number of nitrogens with zero attached hydrogens (tertiary/aromatic N) is 3. The summed E-state index contributed by atoms with van der Waals surface area (Å²) in [7, 11) is 0. The Hall–Kier alpha value is -1.95. The molecule has 0 fully saturated rings. The molecule has 0 aliphatic carbocycles. The Kier molecular flexibility index (Phi) is 1.90. The van der Waals surface area contributed by atoms with Gasteiger partial charge in [0.2, 0.25) is 5.95 Å². The number of hydrogen-bond acceptors (Lipinski definition) is 5. The summed E-state index contributed by atoms with van der Waals surface area (Å²) in [6, 6.07) is 2.08. The van der Waals surface area contributed by atoms with E-state index in [9.17, 15) is 0 Å². The van der Waals surface area contributed by atoms with Crippen LogP contribution in [0.5, 0.6) is 0 Å². The van der Waals surface area contributed by atoms with Crippen LogP contribution in [0.2, 0.25) is 0 Å². The summed E-state index contributed by atoms with van der Waals surface area (Å²) in [5.41, 5.74) is 8.94. The van der Waals surface area contributed by atoms with Gasteiger partial charge in [0.05, 0.1) is 6.33 Å². The molecule has 0 amide bonds. The number of hydrogen-bond donors (Lipinski definition) is 2. The van der Waals surface area contributed by atoms with Gasteiger partial charge in [-0.25, -0.2) is 9.97 Å². The number of nitrogens with one attached hydrogen (secondary N) is 1. The first-order chi connectivity index (χ1) is 7.74. The van der Waals surface area contributed by atoms with Crippen LogP contribution in [-0.2, 0) is 0 Å². The minimum Gasteiger partial charge on any atom is -0.368 e. The Morgan fingerprint density at radius 3 is 3.00 bits per heavy atom. The summed E-state index contributed by atoms with van der Waals surface area (Å²) in [4.78, 5) is 16.7. The van der Waals surface area contributed by atoms with Crippen LogP contribution < -0.4 is 5.73 Å². The fourth-order valence-corrected chi connectivity index (χ4v) is 2.31. The average molecular weight is 231 g/mol. The lowest BCUT2D eigenvalue weighted by Crippen LogP contribution is -1.97. The zero-order valence-electron chi connectivity index (χ0n) is 8.56. The number of imidazole rings is 1. The van der Waals surface area contributed by atoms with Gasteiger partial charge in [-0.1, -0.05) is 0 Å². The van der Waals surface area contributed by atoms with E-state index in [2.05, 4.69) is 38.3 Å². The molecule has 3 heterocycles. The molecule has 0 saturated carbocycles. The summed E-state index contributed by atoms with van der Waals surface area (Å²) in [5.74, 6) is 0.249. The van der Waals surface area contributed by atoms with Crippen molar-refractivity contribution in [2.45, 2.75) is 6.92 Å². The van der Waals surface area contributed by atoms with Crippen molar-refractivity contribution in [2.24, 2.45) is 0 Å². The summed E-state index contributed by atoms with van der Waals surface area (Å²) < 4.78 is 0. The highest BCUT2D eigenvalue weighted by Gasteiger charge is 2.11. The van der Waals surface area contributed by atoms with Gasteiger partial charge in [-0.15, -0.1) is 11.3 Å². The number of thiophene rings is 1. The van der Waals surface area contributed by atoms with Gasteiger partial charge in [-0.05, 0) is 13.0 Å². The van der Waals surface area contributed by atoms with Crippen molar-refractivity contribution in [1.82, 2.24) is 19.9 Å². The van der Waals surface area contributed by atoms with Gasteiger partial charge in [0.15, 0.2) is 5.65 Å². The lowest BCUT2D eigenvalue weighted by molar-refractivity contribution is 1.22. The van der Waals surface area contributed by atoms with Crippen LogP contribution in [0.4, 0.5) is 5.95 Å². The quantitative estimate of drug-likeness (QED) is 0.671. The molecule has 0 aliphatic rings. The van der Waals surface area contributed by atoms with Crippen molar-refractivity contribution in [3.63, 3.8) is 0 Å². The fraction of sp³-hybridized carbons (Fsp3) is 0.100. The first-order valence-electron chi connectivity index (χ1n) is 4.76. The number of anilines is 1. The van der Waals surface area contributed by atoms with Gasteiger partial charge in [0.25, 0.3) is 0 Å². The number of aromatic nitrogens is 4. The number of aryl methyl sites for hydroxylation is 1. The van der Waals surface area contributed by atoms with E-state index < -0.39 is 0 Å². The number of fused-ring (bicyclic) bond motifs is 1. The second kappa shape index (κ2) is 3.28. The largest absolute Gasteiger partial charge is 0.368 e. The number of rotatable bonds is 1. The zero-order chi connectivity index (χ0) is 11.1. The molecular weight excluding hydrogens is 222 g/mol. The Morgan fingerprint density at radius 1 is 1.38 bits per heavy atom. The molecule has 5 nitrogen and oxygen atoms in total. The predicted octanol–water partition coefficient (Wildman–Crippen LogP) is 1.97. The molecular formula is C10H9N5S. The minimum atomic E-state index is 0.249. The van der Waals surface area contributed by atoms with E-state index in [1.807, 2.05) is 0 Å². The van der Waals surface area contributed by atoms with E-state index in [1.54, 1.807) is 17.7 Å². The maximum Gasteiger partial charge on any atom is 0.222 e. The van der Waals surface area contributed by atoms with E-state index in [1.165, 1.54) is 4.88 Å². The van der Waals surface area contributed by atoms with Gasteiger partial charge in [-0.2, -0.15) is 4.98 Å². The molecule has 3 rings (SSSR count). The zero-order valence-corrected chi connectivity index (χ0v) is 9.38. The second-order valence-corrected chi connectivity index (χ2v) is 4.59. The molecule has 0 atom stereocenters. The third kappa shape index (κ3) is 1.35. The van der Waals surface area contributed by atoms with E-state index in [0.29, 0.717) is 5.65 Å². The van der Waals surface area contributed by atoms with E-state index >= 15 is 0 Å². The molecule has 0 saturated heterocycles. The molecule has 0 radical (unpaired) electrons. The summed E-state index contributed by atoms with van der Waals surface area (Å²) in [6.45, 7) is 2.06. The van der Waals surface area contributed by atoms with Gasteiger partial charge >= 0.3 is 0 Å². The van der Waals surface area contributed by atoms with Crippen LogP contribution >= 0.6 is 11.3 Å². The molecule has 0 aromatic carbocycles. The van der Waals surface area contributed by atoms with Crippen LogP contribution in [-0.4, -0.2) is 19.9 Å². The SMILES string of the molecule is Cc1cc(-c2nc(N)nc3nc[nH]c23)cs1. The molecule has 6 heteroatoms. The monoisotopic (exact) mass is 231 g/mol. The van der Waals surface area contributed by atoms with Crippen LogP contribution in [0.25, 0.3) is 22.4 Å². The predicted molar refractivity (Wildman–Crippen MR) is 64.1 cm³/mol. The Balaban J connectivity index is 2.33. The lowest BCUT2D eigenvalue weighted by atomic mass is 10.2. The van der Waals surface area contributed by atoms with E-state index in [4.69, 9.17) is 5.73 Å². The Morgan fingerprint density at radius 2 is 2.25 bits per heavy atom. The number of nitrogens with two attached hydrogens (primary N) is 1. The van der Waals surface area contributed by atoms with Crippen molar-refractivity contribution in [1.29, 1.82) is 0 Å². The molecule has 3 N–H and O–H groups in total. The van der Waals surface area contributed by atoms with Crippen molar-refractivity contribution < 1.29 is 0 Å². The summed E-state index contributed by atoms with van der Waals surface area (Å²) in [6.07, 6.45) is 1.60. The number of aromatic amines is 1. The fourth-order valence-electron chi connectivity index (χ4n) is 1.63. The van der Waals surface area contributed by atoms with Gasteiger partial charge < -0.3 is 10.7 Å². The molecule has 3 aromatic heterocycles. The molecule has 80 valence electrons. The summed E-state index contributed by atoms with van der Waals surface area (Å²) >= 11 is 1.68. The smallest absolute Gasteiger partial charge is 0.222 e. The average Bonchev–Trinajstić information content (AvgIpc) is 2.84. The third-order valence-corrected chi connectivity index (χ3v) is 3.17. The number of nitrogen functional groups attached to an aromatic ring is 1. The Bertz CT molecular complexity index is 654. The van der Waals surface area contributed by atoms with Gasteiger partial charge in [0, 0.05) is 15.8 Å². The minimum absolute atomic E-state index is 0.249. The van der Waals surface area contributed by atoms with Gasteiger partial charge in [-0.3, -0.25) is 0 Å². The maximum atomic E-state index is 5.66. The number of H-pyrrole nitrogens is 1. The molecule has 0 aliphatic heterocycles. The van der Waals surface area contributed by atoms with Gasteiger partial charge in [0.1, 0.15) is 11.2 Å². The molecule has 0 bridgehead atoms. The second-order valence-electron chi connectivity index (χ2n) is 3.48. The highest BCUT2D eigenvalue weighted by molar-refractivity contribution is 7.10. The highest BCUT2D eigenvalue weighted by Crippen LogP contribution is 2.28. The van der Waals surface area contributed by atoms with Crippen LogP contribution in [0.3, 0.4) is 0 Å².